The fourth-order valence-electron chi connectivity index (χ4n) is 11.8. The minimum atomic E-state index is -2.75. The first-order valence-electron chi connectivity index (χ1n) is 29.2. The second-order valence-corrected chi connectivity index (χ2v) is 24.1. The molecule has 7 heterocycles. The van der Waals surface area contributed by atoms with E-state index >= 15 is 8.78 Å². The van der Waals surface area contributed by atoms with Crippen molar-refractivity contribution in [2.45, 2.75) is 168 Å². The Labute approximate surface area is 482 Å². The summed E-state index contributed by atoms with van der Waals surface area (Å²) < 4.78 is 39.6. The highest BCUT2D eigenvalue weighted by atomic mass is 32.1. The summed E-state index contributed by atoms with van der Waals surface area (Å²) in [5.41, 5.74) is 8.65. The van der Waals surface area contributed by atoms with Crippen molar-refractivity contribution in [1.29, 1.82) is 0 Å². The van der Waals surface area contributed by atoms with Gasteiger partial charge in [0, 0.05) is 113 Å². The molecular weight excluding hydrogens is 1070 g/mol. The lowest BCUT2D eigenvalue weighted by Crippen LogP contribution is -2.57. The number of amides is 6. The van der Waals surface area contributed by atoms with E-state index in [4.69, 9.17) is 9.84 Å². The van der Waals surface area contributed by atoms with Crippen LogP contribution in [0.3, 0.4) is 0 Å². The second-order valence-electron chi connectivity index (χ2n) is 23.3. The highest BCUT2D eigenvalue weighted by Gasteiger charge is 2.44. The maximum Gasteiger partial charge on any atom is 0.317 e. The highest BCUT2D eigenvalue weighted by molar-refractivity contribution is 7.13. The van der Waals surface area contributed by atoms with Crippen LogP contribution in [0.15, 0.2) is 54.3 Å². The van der Waals surface area contributed by atoms with Gasteiger partial charge in [-0.2, -0.15) is 10.2 Å². The van der Waals surface area contributed by atoms with Crippen LogP contribution in [0.2, 0.25) is 0 Å². The number of hydrogen-bond acceptors (Lipinski definition) is 12. The largest absolute Gasteiger partial charge is 0.391 e. The van der Waals surface area contributed by atoms with Gasteiger partial charge < -0.3 is 45.8 Å². The number of rotatable bonds is 22. The third kappa shape index (κ3) is 14.3. The summed E-state index contributed by atoms with van der Waals surface area (Å²) in [4.78, 5) is 77.1. The smallest absolute Gasteiger partial charge is 0.317 e. The Hall–Kier alpha value is -6.78. The van der Waals surface area contributed by atoms with E-state index in [-0.39, 0.29) is 61.3 Å². The number of alkyl halides is 2. The number of unbranched alkanes of at least 4 members (excludes halogenated alkanes) is 5. The van der Waals surface area contributed by atoms with Gasteiger partial charge in [-0.25, -0.2) is 18.6 Å². The van der Waals surface area contributed by atoms with Crippen molar-refractivity contribution in [3.63, 3.8) is 0 Å². The lowest BCUT2D eigenvalue weighted by Gasteiger charge is -2.35. The molecule has 22 heteroatoms. The lowest BCUT2D eigenvalue weighted by molar-refractivity contribution is -0.144. The van der Waals surface area contributed by atoms with E-state index in [0.717, 1.165) is 89.3 Å². The van der Waals surface area contributed by atoms with Crippen molar-refractivity contribution in [3.05, 3.63) is 87.9 Å². The minimum absolute atomic E-state index is 0.00105. The van der Waals surface area contributed by atoms with Crippen LogP contribution in [0, 0.1) is 12.3 Å². The number of urea groups is 1. The number of nitrogens with zero attached hydrogens (tertiary/aromatic N) is 8. The number of aromatic nitrogens is 5. The number of nitrogens with one attached hydrogen (secondary N) is 4. The SMILES string of the molecule is CNC(=O)N1CCc2c(c(N3CCCc4cc(-c5cnn(CCNC(=O)CCCCCCCCC(=O)N[C@H](C(=O)N6C[C@H](O)C[C@H]6C(=O)NCc6ccc(-c7scnc7C)cc6)C(C)(C)C)c5)c(C(F)F)cc43)nn2C2CCOCC2)C1. The zero-order valence-corrected chi connectivity index (χ0v) is 48.8. The van der Waals surface area contributed by atoms with Crippen molar-refractivity contribution < 1.29 is 42.6 Å². The number of halogens is 2. The van der Waals surface area contributed by atoms with E-state index in [1.807, 2.05) is 63.5 Å². The van der Waals surface area contributed by atoms with Gasteiger partial charge in [-0.3, -0.25) is 28.5 Å². The first kappa shape index (κ1) is 59.8. The van der Waals surface area contributed by atoms with Crippen LogP contribution in [0.25, 0.3) is 21.6 Å². The van der Waals surface area contributed by atoms with Gasteiger partial charge >= 0.3 is 6.03 Å². The average Bonchev–Trinajstić information content (AvgIpc) is 4.16. The molecule has 0 saturated carbocycles. The Bertz CT molecular complexity index is 3040. The van der Waals surface area contributed by atoms with Crippen molar-refractivity contribution in [2.24, 2.45) is 5.41 Å². The molecule has 5 N–H and O–H groups in total. The number of ether oxygens (including phenoxy) is 1. The number of benzene rings is 2. The number of β-amino-alcohol motifs (C(OH)–C–C–N with tert-alkyl or cyclic N) is 1. The summed E-state index contributed by atoms with van der Waals surface area (Å²) >= 11 is 1.57. The first-order valence-corrected chi connectivity index (χ1v) is 30.1. The number of fused-ring (bicyclic) bond motifs is 2. The number of carbonyl (C=O) groups excluding carboxylic acids is 5. The van der Waals surface area contributed by atoms with Gasteiger partial charge in [-0.15, -0.1) is 11.3 Å². The maximum absolute atomic E-state index is 15.1. The number of carbonyl (C=O) groups is 5. The molecule has 0 aliphatic carbocycles. The number of hydrogen-bond donors (Lipinski definition) is 5. The zero-order valence-electron chi connectivity index (χ0n) is 48.0. The van der Waals surface area contributed by atoms with Gasteiger partial charge in [0.25, 0.3) is 6.43 Å². The Kier molecular flexibility index (Phi) is 19.8. The number of aliphatic hydroxyl groups excluding tert-OH is 1. The van der Waals surface area contributed by atoms with Crippen LogP contribution in [0.4, 0.5) is 25.1 Å². The quantitative estimate of drug-likeness (QED) is 0.0415. The van der Waals surface area contributed by atoms with Gasteiger partial charge in [0.15, 0.2) is 5.82 Å². The molecule has 6 amide bonds. The number of thiazole rings is 1. The molecule has 5 aromatic rings. The van der Waals surface area contributed by atoms with Crippen molar-refractivity contribution in [1.82, 2.24) is 55.6 Å². The molecule has 0 bridgehead atoms. The predicted octanol–water partition coefficient (Wildman–Crippen LogP) is 8.30. The molecule has 2 saturated heterocycles. The molecule has 4 aliphatic rings. The molecule has 3 aromatic heterocycles. The van der Waals surface area contributed by atoms with Crippen LogP contribution in [-0.2, 0) is 56.4 Å². The Morgan fingerprint density at radius 3 is 2.34 bits per heavy atom. The molecule has 0 unspecified atom stereocenters. The Morgan fingerprint density at radius 2 is 1.65 bits per heavy atom. The lowest BCUT2D eigenvalue weighted by atomic mass is 9.85. The van der Waals surface area contributed by atoms with Gasteiger partial charge in [0.2, 0.25) is 23.6 Å². The standard InChI is InChI=1S/C60H80F2N12O7S/c1-38-53(82-37-66-38)40-18-16-39(17-19-40)32-65-57(78)50-30-44(75)35-73(50)58(79)54(60(2,3)4)68-52(77)15-11-9-7-6-8-10-14-51(76)64-23-26-71-34-42(33-67-71)45-29-41-13-12-24-72(49(41)31-46(45)55(61)62)56-47-36-70(59(80)63-5)25-20-48(47)74(69-56)43-21-27-81-28-22-43/h16-19,29,31,33-34,37,43-44,50,54-55,75H,6-15,20-28,30,32,35-36H2,1-5H3,(H,63,80)(H,64,76)(H,65,78)(H,68,77)/t44-,50+,54-/m1/s1. The fraction of sp³-hybridized carbons (Fsp3) is 0.567. The Balaban J connectivity index is 0.692. The third-order valence-corrected chi connectivity index (χ3v) is 17.3. The molecule has 82 heavy (non-hydrogen) atoms. The minimum Gasteiger partial charge on any atom is -0.391 e. The zero-order chi connectivity index (χ0) is 58.1. The molecule has 0 radical (unpaired) electrons. The normalized spacial score (nSPS) is 17.8. The van der Waals surface area contributed by atoms with Crippen LogP contribution in [0.5, 0.6) is 0 Å². The summed E-state index contributed by atoms with van der Waals surface area (Å²) in [7, 11) is 1.62. The molecule has 4 aliphatic heterocycles. The molecule has 3 atom stereocenters. The summed E-state index contributed by atoms with van der Waals surface area (Å²) in [5, 5.41) is 31.9. The van der Waals surface area contributed by atoms with Gasteiger partial charge in [0.05, 0.1) is 47.5 Å². The van der Waals surface area contributed by atoms with E-state index < -0.39 is 35.9 Å². The molecule has 9 rings (SSSR count). The maximum atomic E-state index is 15.1. The predicted molar refractivity (Wildman–Crippen MR) is 309 cm³/mol. The van der Waals surface area contributed by atoms with Crippen LogP contribution >= 0.6 is 11.3 Å². The second kappa shape index (κ2) is 27.1. The van der Waals surface area contributed by atoms with Crippen molar-refractivity contribution in [2.75, 3.05) is 51.3 Å². The van der Waals surface area contributed by atoms with E-state index in [1.165, 1.54) is 4.90 Å². The monoisotopic (exact) mass is 1150 g/mol. The van der Waals surface area contributed by atoms with Crippen molar-refractivity contribution in [3.8, 4) is 21.6 Å². The fourth-order valence-corrected chi connectivity index (χ4v) is 12.6. The van der Waals surface area contributed by atoms with E-state index in [2.05, 4.69) is 40.9 Å². The molecule has 0 spiro atoms. The van der Waals surface area contributed by atoms with Crippen LogP contribution < -0.4 is 26.2 Å². The average molecular weight is 1150 g/mol. The highest BCUT2D eigenvalue weighted by Crippen LogP contribution is 2.44. The molecular formula is C60H80F2N12O7S. The molecule has 19 nitrogen and oxygen atoms in total. The molecule has 442 valence electrons. The number of likely N-dealkylation sites (tertiary alicyclic amines) is 1. The third-order valence-electron chi connectivity index (χ3n) is 16.3. The van der Waals surface area contributed by atoms with E-state index in [9.17, 15) is 29.1 Å². The van der Waals surface area contributed by atoms with Crippen LogP contribution in [0.1, 0.15) is 144 Å². The van der Waals surface area contributed by atoms with E-state index in [0.29, 0.717) is 94.9 Å². The summed E-state index contributed by atoms with van der Waals surface area (Å²) in [5.74, 6) is -0.365. The van der Waals surface area contributed by atoms with Gasteiger partial charge in [-0.05, 0) is 85.3 Å². The molecule has 2 fully saturated rings. The Morgan fingerprint density at radius 1 is 0.915 bits per heavy atom. The molecule has 2 aromatic carbocycles. The van der Waals surface area contributed by atoms with Gasteiger partial charge in [-0.1, -0.05) is 70.7 Å². The first-order chi connectivity index (χ1) is 39.5. The van der Waals surface area contributed by atoms with Crippen LogP contribution in [-0.4, -0.2) is 134 Å². The van der Waals surface area contributed by atoms with Gasteiger partial charge in [0.1, 0.15) is 12.1 Å². The number of anilines is 2. The van der Waals surface area contributed by atoms with E-state index in [1.54, 1.807) is 46.4 Å². The topological polar surface area (TPSA) is 221 Å². The summed E-state index contributed by atoms with van der Waals surface area (Å²) in [6.45, 7) is 11.4. The number of aliphatic hydroxyl groups is 1. The summed E-state index contributed by atoms with van der Waals surface area (Å²) in [6.07, 6.45) is 9.05. The number of aryl methyl sites for hydroxylation is 2. The van der Waals surface area contributed by atoms with Crippen molar-refractivity contribution >= 4 is 52.5 Å². The summed E-state index contributed by atoms with van der Waals surface area (Å²) in [6, 6.07) is 9.59.